The fourth-order valence-electron chi connectivity index (χ4n) is 2.61. The lowest BCUT2D eigenvalue weighted by molar-refractivity contribution is 0.0526. The normalized spacial score (nSPS) is 22.4. The zero-order valence-electron chi connectivity index (χ0n) is 12.2. The Morgan fingerprint density at radius 1 is 1.40 bits per heavy atom. The number of hydrogen-bond donors (Lipinski definition) is 1. The van der Waals surface area contributed by atoms with Crippen molar-refractivity contribution in [1.29, 1.82) is 0 Å². The molecule has 1 aromatic heterocycles. The SMILES string of the molecule is CCOC(=O)c1ccc(N(C)C2CCC(N)CC2)nc1. The minimum atomic E-state index is -0.321. The van der Waals surface area contributed by atoms with E-state index in [4.69, 9.17) is 10.5 Å². The van der Waals surface area contributed by atoms with E-state index in [1.54, 1.807) is 19.2 Å². The zero-order valence-corrected chi connectivity index (χ0v) is 12.2. The van der Waals surface area contributed by atoms with Crippen LogP contribution in [0.5, 0.6) is 0 Å². The molecule has 0 aromatic carbocycles. The number of anilines is 1. The molecule has 2 N–H and O–H groups in total. The average Bonchev–Trinajstić information content (AvgIpc) is 2.48. The number of hydrogen-bond acceptors (Lipinski definition) is 5. The molecule has 20 heavy (non-hydrogen) atoms. The van der Waals surface area contributed by atoms with Crippen LogP contribution >= 0.6 is 0 Å². The van der Waals surface area contributed by atoms with Gasteiger partial charge < -0.3 is 15.4 Å². The first-order valence-corrected chi connectivity index (χ1v) is 7.23. The third kappa shape index (κ3) is 3.48. The standard InChI is InChI=1S/C15H23N3O2/c1-3-20-15(19)11-4-9-14(17-10-11)18(2)13-7-5-12(16)6-8-13/h4,9-10,12-13H,3,5-8,16H2,1-2H3. The molecule has 1 aromatic rings. The quantitative estimate of drug-likeness (QED) is 0.852. The monoisotopic (exact) mass is 277 g/mol. The Bertz CT molecular complexity index is 439. The van der Waals surface area contributed by atoms with E-state index in [2.05, 4.69) is 9.88 Å². The molecule has 0 bridgehead atoms. The lowest BCUT2D eigenvalue weighted by atomic mass is 9.91. The predicted octanol–water partition coefficient (Wildman–Crippen LogP) is 1.96. The Labute approximate surface area is 120 Å². The van der Waals surface area contributed by atoms with Gasteiger partial charge in [-0.3, -0.25) is 0 Å². The van der Waals surface area contributed by atoms with E-state index in [0.29, 0.717) is 24.3 Å². The largest absolute Gasteiger partial charge is 0.462 e. The van der Waals surface area contributed by atoms with Crippen LogP contribution in [-0.2, 0) is 4.74 Å². The van der Waals surface area contributed by atoms with Crippen LogP contribution in [0.1, 0.15) is 43.0 Å². The van der Waals surface area contributed by atoms with Crippen molar-refractivity contribution in [1.82, 2.24) is 4.98 Å². The minimum Gasteiger partial charge on any atom is -0.462 e. The van der Waals surface area contributed by atoms with Gasteiger partial charge in [-0.25, -0.2) is 9.78 Å². The summed E-state index contributed by atoms with van der Waals surface area (Å²) in [5, 5.41) is 0. The number of nitrogens with zero attached hydrogens (tertiary/aromatic N) is 2. The van der Waals surface area contributed by atoms with Gasteiger partial charge >= 0.3 is 5.97 Å². The van der Waals surface area contributed by atoms with Gasteiger partial charge in [0.25, 0.3) is 0 Å². The molecule has 5 heteroatoms. The molecule has 110 valence electrons. The lowest BCUT2D eigenvalue weighted by Gasteiger charge is -2.34. The van der Waals surface area contributed by atoms with Gasteiger partial charge in [-0.05, 0) is 44.7 Å². The Hall–Kier alpha value is -1.62. The third-order valence-electron chi connectivity index (χ3n) is 3.91. The van der Waals surface area contributed by atoms with E-state index in [1.165, 1.54) is 0 Å². The fraction of sp³-hybridized carbons (Fsp3) is 0.600. The van der Waals surface area contributed by atoms with E-state index in [-0.39, 0.29) is 5.97 Å². The highest BCUT2D eigenvalue weighted by molar-refractivity contribution is 5.89. The maximum atomic E-state index is 11.6. The number of carbonyl (C=O) groups excluding carboxylic acids is 1. The molecule has 0 amide bonds. The van der Waals surface area contributed by atoms with Crippen LogP contribution < -0.4 is 10.6 Å². The second-order valence-corrected chi connectivity index (χ2v) is 5.31. The second-order valence-electron chi connectivity index (χ2n) is 5.31. The van der Waals surface area contributed by atoms with Crippen molar-refractivity contribution >= 4 is 11.8 Å². The summed E-state index contributed by atoms with van der Waals surface area (Å²) in [5.41, 5.74) is 6.43. The average molecular weight is 277 g/mol. The Morgan fingerprint density at radius 3 is 2.65 bits per heavy atom. The summed E-state index contributed by atoms with van der Waals surface area (Å²) in [6.45, 7) is 2.17. The number of ether oxygens (including phenoxy) is 1. The van der Waals surface area contributed by atoms with Gasteiger partial charge in [0.2, 0.25) is 0 Å². The summed E-state index contributed by atoms with van der Waals surface area (Å²) in [6.07, 6.45) is 5.90. The van der Waals surface area contributed by atoms with Crippen LogP contribution in [-0.4, -0.2) is 36.7 Å². The summed E-state index contributed by atoms with van der Waals surface area (Å²) in [5.74, 6) is 0.566. The van der Waals surface area contributed by atoms with Crippen LogP contribution in [0.4, 0.5) is 5.82 Å². The number of rotatable bonds is 4. The summed E-state index contributed by atoms with van der Waals surface area (Å²) >= 11 is 0. The molecular formula is C15H23N3O2. The molecule has 1 heterocycles. The highest BCUT2D eigenvalue weighted by Crippen LogP contribution is 2.24. The van der Waals surface area contributed by atoms with Crippen molar-refractivity contribution in [3.63, 3.8) is 0 Å². The Kier molecular flexibility index (Phi) is 4.95. The highest BCUT2D eigenvalue weighted by Gasteiger charge is 2.22. The maximum absolute atomic E-state index is 11.6. The molecular weight excluding hydrogens is 254 g/mol. The first-order chi connectivity index (χ1) is 9.61. The number of aromatic nitrogens is 1. The van der Waals surface area contributed by atoms with Gasteiger partial charge in [-0.15, -0.1) is 0 Å². The van der Waals surface area contributed by atoms with Crippen LogP contribution in [0.25, 0.3) is 0 Å². The van der Waals surface area contributed by atoms with Crippen molar-refractivity contribution in [2.45, 2.75) is 44.7 Å². The highest BCUT2D eigenvalue weighted by atomic mass is 16.5. The predicted molar refractivity (Wildman–Crippen MR) is 78.8 cm³/mol. The van der Waals surface area contributed by atoms with Gasteiger partial charge in [-0.1, -0.05) is 0 Å². The third-order valence-corrected chi connectivity index (χ3v) is 3.91. The second kappa shape index (κ2) is 6.70. The fourth-order valence-corrected chi connectivity index (χ4v) is 2.61. The van der Waals surface area contributed by atoms with Gasteiger partial charge in [0.05, 0.1) is 12.2 Å². The van der Waals surface area contributed by atoms with Gasteiger partial charge in [0.1, 0.15) is 5.82 Å². The number of nitrogens with two attached hydrogens (primary N) is 1. The van der Waals surface area contributed by atoms with Crippen LogP contribution in [0.2, 0.25) is 0 Å². The molecule has 0 atom stereocenters. The molecule has 2 rings (SSSR count). The van der Waals surface area contributed by atoms with E-state index < -0.39 is 0 Å². The summed E-state index contributed by atoms with van der Waals surface area (Å²) in [6, 6.07) is 4.47. The van der Waals surface area contributed by atoms with Crippen LogP contribution in [0.15, 0.2) is 18.3 Å². The molecule has 1 fully saturated rings. The Morgan fingerprint density at radius 2 is 2.10 bits per heavy atom. The summed E-state index contributed by atoms with van der Waals surface area (Å²) in [7, 11) is 2.05. The summed E-state index contributed by atoms with van der Waals surface area (Å²) < 4.78 is 4.95. The Balaban J connectivity index is 2.00. The van der Waals surface area contributed by atoms with Crippen molar-refractivity contribution in [2.75, 3.05) is 18.6 Å². The van der Waals surface area contributed by atoms with Crippen molar-refractivity contribution in [2.24, 2.45) is 5.73 Å². The summed E-state index contributed by atoms with van der Waals surface area (Å²) in [4.78, 5) is 18.1. The molecule has 1 aliphatic carbocycles. The van der Waals surface area contributed by atoms with Crippen LogP contribution in [0, 0.1) is 0 Å². The molecule has 1 aliphatic rings. The van der Waals surface area contributed by atoms with E-state index in [0.717, 1.165) is 31.5 Å². The zero-order chi connectivity index (χ0) is 14.5. The number of esters is 1. The van der Waals surface area contributed by atoms with E-state index >= 15 is 0 Å². The van der Waals surface area contributed by atoms with Crippen LogP contribution in [0.3, 0.4) is 0 Å². The smallest absolute Gasteiger partial charge is 0.339 e. The van der Waals surface area contributed by atoms with Crippen molar-refractivity contribution < 1.29 is 9.53 Å². The first-order valence-electron chi connectivity index (χ1n) is 7.23. The molecule has 1 saturated carbocycles. The van der Waals surface area contributed by atoms with E-state index in [9.17, 15) is 4.79 Å². The molecule has 0 saturated heterocycles. The molecule has 0 spiro atoms. The van der Waals surface area contributed by atoms with Crippen molar-refractivity contribution in [3.8, 4) is 0 Å². The molecule has 5 nitrogen and oxygen atoms in total. The molecule has 0 aliphatic heterocycles. The molecule has 0 radical (unpaired) electrons. The number of pyridine rings is 1. The maximum Gasteiger partial charge on any atom is 0.339 e. The topological polar surface area (TPSA) is 68.5 Å². The van der Waals surface area contributed by atoms with E-state index in [1.807, 2.05) is 13.1 Å². The lowest BCUT2D eigenvalue weighted by Crippen LogP contribution is -2.39. The van der Waals surface area contributed by atoms with Crippen molar-refractivity contribution in [3.05, 3.63) is 23.9 Å². The molecule has 0 unspecified atom stereocenters. The van der Waals surface area contributed by atoms with Gasteiger partial charge in [-0.2, -0.15) is 0 Å². The first kappa shape index (κ1) is 14.8. The van der Waals surface area contributed by atoms with Gasteiger partial charge in [0, 0.05) is 25.3 Å². The number of carbonyl (C=O) groups is 1. The van der Waals surface area contributed by atoms with Gasteiger partial charge in [0.15, 0.2) is 0 Å². The minimum absolute atomic E-state index is 0.321.